The maximum absolute atomic E-state index is 11.1. The number of hydrogen-bond donors (Lipinski definition) is 1. The maximum Gasteiger partial charge on any atom is 0.362 e. The van der Waals surface area contributed by atoms with Crippen LogP contribution in [0.5, 0.6) is 5.75 Å². The molecule has 2 heterocycles. The number of benzene rings is 1. The largest absolute Gasteiger partial charge is 0.488 e. The number of nitrogens with zero attached hydrogens (tertiary/aromatic N) is 2. The van der Waals surface area contributed by atoms with Crippen molar-refractivity contribution in [2.75, 3.05) is 13.2 Å². The predicted octanol–water partition coefficient (Wildman–Crippen LogP) is 0.0957. The van der Waals surface area contributed by atoms with Crippen molar-refractivity contribution in [3.63, 3.8) is 0 Å². The highest BCUT2D eigenvalue weighted by Crippen LogP contribution is 2.21. The fraction of sp³-hybridized carbons (Fsp3) is 0.300. The molecule has 1 aliphatic heterocycles. The van der Waals surface area contributed by atoms with Crippen LogP contribution in [0.3, 0.4) is 0 Å². The van der Waals surface area contributed by atoms with Crippen molar-refractivity contribution in [2.45, 2.75) is 6.10 Å². The molecule has 1 aromatic carbocycles. The van der Waals surface area contributed by atoms with E-state index in [1.54, 1.807) is 18.2 Å². The van der Waals surface area contributed by atoms with Gasteiger partial charge < -0.3 is 9.47 Å². The Morgan fingerprint density at radius 3 is 3.25 bits per heavy atom. The number of fused-ring (bicyclic) bond motifs is 1. The number of aromatic amines is 1. The summed E-state index contributed by atoms with van der Waals surface area (Å²) in [4.78, 5) is 14.9. The Labute approximate surface area is 90.2 Å². The van der Waals surface area contributed by atoms with Crippen LogP contribution >= 0.6 is 0 Å². The molecule has 1 fully saturated rings. The van der Waals surface area contributed by atoms with E-state index in [0.717, 1.165) is 6.61 Å². The lowest BCUT2D eigenvalue weighted by molar-refractivity contribution is 0.265. The first-order valence-electron chi connectivity index (χ1n) is 4.93. The van der Waals surface area contributed by atoms with Crippen molar-refractivity contribution in [2.24, 2.45) is 0 Å². The fourth-order valence-electron chi connectivity index (χ4n) is 1.41. The number of rotatable bonds is 3. The van der Waals surface area contributed by atoms with Crippen LogP contribution < -0.4 is 10.4 Å². The van der Waals surface area contributed by atoms with Gasteiger partial charge in [-0.2, -0.15) is 10.1 Å². The average Bonchev–Trinajstić information content (AvgIpc) is 3.10. The standard InChI is InChI=1S/C10H9N3O3/c14-10-11-9-7(12-13-10)2-1-3-8(9)16-5-6-4-15-6/h1-3,6H,4-5H2,(H,11,13,14). The minimum absolute atomic E-state index is 0.171. The van der Waals surface area contributed by atoms with Crippen LogP contribution in [0.4, 0.5) is 0 Å². The topological polar surface area (TPSA) is 80.4 Å². The van der Waals surface area contributed by atoms with Crippen LogP contribution in [-0.2, 0) is 4.74 Å². The van der Waals surface area contributed by atoms with Gasteiger partial charge in [0.2, 0.25) is 0 Å². The first-order valence-corrected chi connectivity index (χ1v) is 4.93. The number of H-pyrrole nitrogens is 1. The van der Waals surface area contributed by atoms with E-state index in [1.165, 1.54) is 0 Å². The summed E-state index contributed by atoms with van der Waals surface area (Å²) in [7, 11) is 0. The van der Waals surface area contributed by atoms with Crippen molar-refractivity contribution < 1.29 is 9.47 Å². The van der Waals surface area contributed by atoms with E-state index in [0.29, 0.717) is 23.4 Å². The third-order valence-electron chi connectivity index (χ3n) is 2.29. The fourth-order valence-corrected chi connectivity index (χ4v) is 1.41. The second kappa shape index (κ2) is 3.57. The summed E-state index contributed by atoms with van der Waals surface area (Å²) in [5, 5.41) is 6.15. The van der Waals surface area contributed by atoms with Gasteiger partial charge in [0.25, 0.3) is 0 Å². The number of epoxide rings is 1. The monoisotopic (exact) mass is 219 g/mol. The van der Waals surface area contributed by atoms with Gasteiger partial charge in [0.05, 0.1) is 6.61 Å². The first-order chi connectivity index (χ1) is 7.83. The second-order valence-corrected chi connectivity index (χ2v) is 3.53. The summed E-state index contributed by atoms with van der Waals surface area (Å²) in [5.74, 6) is 0.562. The van der Waals surface area contributed by atoms with E-state index < -0.39 is 5.69 Å². The Hall–Kier alpha value is -1.95. The first kappa shape index (κ1) is 9.29. The van der Waals surface area contributed by atoms with E-state index in [2.05, 4.69) is 15.2 Å². The van der Waals surface area contributed by atoms with Crippen molar-refractivity contribution in [3.05, 3.63) is 28.7 Å². The number of para-hydroxylation sites is 1. The molecule has 0 saturated carbocycles. The van der Waals surface area contributed by atoms with E-state index in [1.807, 2.05) is 0 Å². The third-order valence-corrected chi connectivity index (χ3v) is 2.29. The molecule has 0 aliphatic carbocycles. The molecule has 16 heavy (non-hydrogen) atoms. The summed E-state index contributed by atoms with van der Waals surface area (Å²) in [6.45, 7) is 1.21. The Morgan fingerprint density at radius 1 is 1.56 bits per heavy atom. The van der Waals surface area contributed by atoms with Gasteiger partial charge in [-0.3, -0.25) is 0 Å². The molecule has 1 N–H and O–H groups in total. The third kappa shape index (κ3) is 1.74. The molecular formula is C10H9N3O3. The SMILES string of the molecule is O=c1nc2c(OCC3CO3)cccc2n[nH]1. The molecule has 1 unspecified atom stereocenters. The molecule has 6 nitrogen and oxygen atoms in total. The van der Waals surface area contributed by atoms with Gasteiger partial charge in [0, 0.05) is 0 Å². The van der Waals surface area contributed by atoms with Crippen molar-refractivity contribution in [1.82, 2.24) is 15.2 Å². The quantitative estimate of drug-likeness (QED) is 0.740. The van der Waals surface area contributed by atoms with Crippen molar-refractivity contribution in [1.29, 1.82) is 0 Å². The molecular weight excluding hydrogens is 210 g/mol. The molecule has 0 amide bonds. The summed E-state index contributed by atoms with van der Waals surface area (Å²) in [6, 6.07) is 5.33. The Morgan fingerprint density at radius 2 is 2.44 bits per heavy atom. The minimum Gasteiger partial charge on any atom is -0.488 e. The molecule has 1 aromatic heterocycles. The molecule has 1 atom stereocenters. The molecule has 1 aliphatic rings. The Bertz CT molecular complexity index is 577. The van der Waals surface area contributed by atoms with Crippen LogP contribution in [0.1, 0.15) is 0 Å². The van der Waals surface area contributed by atoms with E-state index in [4.69, 9.17) is 9.47 Å². The van der Waals surface area contributed by atoms with Gasteiger partial charge in [-0.05, 0) is 12.1 Å². The van der Waals surface area contributed by atoms with Gasteiger partial charge in [-0.25, -0.2) is 9.89 Å². The Balaban J connectivity index is 2.00. The molecule has 82 valence electrons. The number of aromatic nitrogens is 3. The van der Waals surface area contributed by atoms with Gasteiger partial charge in [-0.15, -0.1) is 0 Å². The zero-order valence-corrected chi connectivity index (χ0v) is 8.34. The average molecular weight is 219 g/mol. The minimum atomic E-state index is -0.480. The predicted molar refractivity (Wildman–Crippen MR) is 55.4 cm³/mol. The summed E-state index contributed by atoms with van der Waals surface area (Å²) >= 11 is 0. The molecule has 1 saturated heterocycles. The van der Waals surface area contributed by atoms with Gasteiger partial charge >= 0.3 is 5.69 Å². The summed E-state index contributed by atoms with van der Waals surface area (Å²) < 4.78 is 10.6. The molecule has 0 radical (unpaired) electrons. The van der Waals surface area contributed by atoms with Gasteiger partial charge in [0.1, 0.15) is 29.5 Å². The van der Waals surface area contributed by atoms with E-state index >= 15 is 0 Å². The maximum atomic E-state index is 11.1. The lowest BCUT2D eigenvalue weighted by Crippen LogP contribution is -2.13. The highest BCUT2D eigenvalue weighted by Gasteiger charge is 2.23. The van der Waals surface area contributed by atoms with Gasteiger partial charge in [-0.1, -0.05) is 6.07 Å². The molecule has 6 heteroatoms. The molecule has 0 spiro atoms. The van der Waals surface area contributed by atoms with Crippen LogP contribution in [0.15, 0.2) is 23.0 Å². The number of ether oxygens (including phenoxy) is 2. The van der Waals surface area contributed by atoms with E-state index in [9.17, 15) is 4.79 Å². The van der Waals surface area contributed by atoms with Crippen LogP contribution in [0, 0.1) is 0 Å². The molecule has 0 bridgehead atoms. The lowest BCUT2D eigenvalue weighted by Gasteiger charge is -2.05. The summed E-state index contributed by atoms with van der Waals surface area (Å²) in [6.07, 6.45) is 0.171. The lowest BCUT2D eigenvalue weighted by atomic mass is 10.3. The highest BCUT2D eigenvalue weighted by molar-refractivity contribution is 5.79. The second-order valence-electron chi connectivity index (χ2n) is 3.53. The number of nitrogens with one attached hydrogen (secondary N) is 1. The van der Waals surface area contributed by atoms with Gasteiger partial charge in [0.15, 0.2) is 0 Å². The zero-order valence-electron chi connectivity index (χ0n) is 8.34. The van der Waals surface area contributed by atoms with Crippen molar-refractivity contribution in [3.8, 4) is 5.75 Å². The highest BCUT2D eigenvalue weighted by atomic mass is 16.6. The summed E-state index contributed by atoms with van der Waals surface area (Å²) in [5.41, 5.74) is 0.604. The van der Waals surface area contributed by atoms with E-state index in [-0.39, 0.29) is 6.10 Å². The van der Waals surface area contributed by atoms with Crippen LogP contribution in [0.25, 0.3) is 11.0 Å². The molecule has 3 rings (SSSR count). The smallest absolute Gasteiger partial charge is 0.362 e. The van der Waals surface area contributed by atoms with Crippen LogP contribution in [0.2, 0.25) is 0 Å². The zero-order chi connectivity index (χ0) is 11.0. The Kier molecular flexibility index (Phi) is 2.07. The molecule has 2 aromatic rings. The van der Waals surface area contributed by atoms with Crippen LogP contribution in [-0.4, -0.2) is 34.5 Å². The number of hydrogen-bond acceptors (Lipinski definition) is 5. The van der Waals surface area contributed by atoms with Crippen molar-refractivity contribution >= 4 is 11.0 Å². The normalized spacial score (nSPS) is 18.6.